The van der Waals surface area contributed by atoms with Crippen molar-refractivity contribution in [3.05, 3.63) is 54.0 Å². The van der Waals surface area contributed by atoms with Crippen LogP contribution in [0.15, 0.2) is 52.2 Å². The molecule has 2 aliphatic heterocycles. The molecule has 32 heavy (non-hydrogen) atoms. The number of methoxy groups -OCH3 is 1. The number of furan rings is 1. The Morgan fingerprint density at radius 1 is 1.25 bits per heavy atom. The number of carbonyl (C=O) groups is 3. The molecule has 2 aromatic rings. The van der Waals surface area contributed by atoms with E-state index in [1.807, 2.05) is 24.3 Å². The van der Waals surface area contributed by atoms with Gasteiger partial charge in [0.15, 0.2) is 0 Å². The summed E-state index contributed by atoms with van der Waals surface area (Å²) in [5, 5.41) is 8.65. The van der Waals surface area contributed by atoms with Gasteiger partial charge in [0, 0.05) is 6.42 Å². The van der Waals surface area contributed by atoms with Crippen LogP contribution >= 0.6 is 0 Å². The molecule has 1 N–H and O–H groups in total. The van der Waals surface area contributed by atoms with Crippen molar-refractivity contribution in [3.8, 4) is 5.75 Å². The van der Waals surface area contributed by atoms with Crippen molar-refractivity contribution in [2.75, 3.05) is 13.7 Å². The monoisotopic (exact) mass is 436 g/mol. The van der Waals surface area contributed by atoms with Gasteiger partial charge in [-0.2, -0.15) is 5.10 Å². The summed E-state index contributed by atoms with van der Waals surface area (Å²) in [6.07, 6.45) is 3.78. The van der Waals surface area contributed by atoms with Crippen LogP contribution in [0, 0.1) is 5.92 Å². The van der Waals surface area contributed by atoms with E-state index in [9.17, 15) is 14.4 Å². The topological polar surface area (TPSA) is 104 Å². The highest BCUT2D eigenvalue weighted by atomic mass is 16.5. The second-order valence-electron chi connectivity index (χ2n) is 8.55. The Labute approximate surface area is 185 Å². The van der Waals surface area contributed by atoms with Gasteiger partial charge in [-0.3, -0.25) is 14.5 Å². The summed E-state index contributed by atoms with van der Waals surface area (Å²) in [5.74, 6) is 0.636. The molecule has 1 aromatic heterocycles. The third kappa shape index (κ3) is 3.34. The largest absolute Gasteiger partial charge is 0.497 e. The van der Waals surface area contributed by atoms with Gasteiger partial charge in [0.25, 0.3) is 11.8 Å². The Hall–Kier alpha value is -3.62. The van der Waals surface area contributed by atoms with Crippen LogP contribution in [0.3, 0.4) is 0 Å². The highest BCUT2D eigenvalue weighted by molar-refractivity contribution is 6.09. The van der Waals surface area contributed by atoms with E-state index in [1.54, 1.807) is 32.4 Å². The Morgan fingerprint density at radius 2 is 2.00 bits per heavy atom. The van der Waals surface area contributed by atoms with E-state index in [1.165, 1.54) is 5.01 Å². The number of amides is 4. The molecule has 9 heteroatoms. The molecule has 0 radical (unpaired) electrons. The number of hydrogen-bond donors (Lipinski definition) is 1. The van der Waals surface area contributed by atoms with Crippen molar-refractivity contribution in [1.29, 1.82) is 0 Å². The van der Waals surface area contributed by atoms with E-state index in [0.29, 0.717) is 17.9 Å². The standard InChI is InChI=1S/C23H24N4O5/c1-23(15-7-8-15)21(29)26(22(30)24-23)13-20(28)27-18(19-4-3-11-32-19)12-17(25-27)14-5-9-16(31-2)10-6-14/h3-6,9-11,15,18H,7-8,12-13H2,1-2H3,(H,24,30)/t18-,23-/m1/s1. The molecular formula is C23H24N4O5. The van der Waals surface area contributed by atoms with Gasteiger partial charge in [0.2, 0.25) is 0 Å². The van der Waals surface area contributed by atoms with E-state index < -0.39 is 23.5 Å². The number of carbonyl (C=O) groups excluding carboxylic acids is 3. The van der Waals surface area contributed by atoms with E-state index in [4.69, 9.17) is 9.15 Å². The zero-order chi connectivity index (χ0) is 22.5. The van der Waals surface area contributed by atoms with Crippen LogP contribution in [0.1, 0.15) is 43.6 Å². The van der Waals surface area contributed by atoms with Crippen LogP contribution in [0.5, 0.6) is 5.75 Å². The highest BCUT2D eigenvalue weighted by Gasteiger charge is 2.56. The molecule has 2 fully saturated rings. The van der Waals surface area contributed by atoms with Crippen molar-refractivity contribution in [2.24, 2.45) is 11.0 Å². The molecule has 5 rings (SSSR count). The molecule has 0 spiro atoms. The summed E-state index contributed by atoms with van der Waals surface area (Å²) in [4.78, 5) is 39.7. The van der Waals surface area contributed by atoms with Gasteiger partial charge in [-0.1, -0.05) is 0 Å². The van der Waals surface area contributed by atoms with Gasteiger partial charge < -0.3 is 14.5 Å². The van der Waals surface area contributed by atoms with Gasteiger partial charge in [-0.05, 0) is 67.6 Å². The lowest BCUT2D eigenvalue weighted by atomic mass is 9.96. The maximum atomic E-state index is 13.3. The Balaban J connectivity index is 1.39. The van der Waals surface area contributed by atoms with Crippen molar-refractivity contribution in [1.82, 2.24) is 15.2 Å². The summed E-state index contributed by atoms with van der Waals surface area (Å²) < 4.78 is 10.8. The first-order valence-corrected chi connectivity index (χ1v) is 10.6. The highest BCUT2D eigenvalue weighted by Crippen LogP contribution is 2.42. The van der Waals surface area contributed by atoms with Crippen molar-refractivity contribution in [3.63, 3.8) is 0 Å². The van der Waals surface area contributed by atoms with Gasteiger partial charge >= 0.3 is 6.03 Å². The molecule has 2 atom stereocenters. The molecule has 3 aliphatic rings. The zero-order valence-corrected chi connectivity index (χ0v) is 17.9. The van der Waals surface area contributed by atoms with Crippen LogP contribution in [0.2, 0.25) is 0 Å². The molecule has 1 saturated carbocycles. The summed E-state index contributed by atoms with van der Waals surface area (Å²) >= 11 is 0. The average Bonchev–Trinajstić information content (AvgIpc) is 3.26. The number of urea groups is 1. The molecule has 0 bridgehead atoms. The molecule has 1 saturated heterocycles. The van der Waals surface area contributed by atoms with Gasteiger partial charge in [-0.15, -0.1) is 0 Å². The first-order chi connectivity index (χ1) is 15.4. The molecule has 0 unspecified atom stereocenters. The molecule has 1 aliphatic carbocycles. The fraction of sp³-hybridized carbons (Fsp3) is 0.391. The summed E-state index contributed by atoms with van der Waals surface area (Å²) in [6.45, 7) is 1.36. The first-order valence-electron chi connectivity index (χ1n) is 10.6. The molecule has 9 nitrogen and oxygen atoms in total. The van der Waals surface area contributed by atoms with Crippen LogP contribution < -0.4 is 10.1 Å². The van der Waals surface area contributed by atoms with Gasteiger partial charge in [0.05, 0.1) is 19.1 Å². The number of imide groups is 1. The van der Waals surface area contributed by atoms with Crippen LogP contribution in [-0.4, -0.2) is 52.7 Å². The third-order valence-corrected chi connectivity index (χ3v) is 6.45. The fourth-order valence-electron chi connectivity index (χ4n) is 4.41. The van der Waals surface area contributed by atoms with Crippen LogP contribution in [-0.2, 0) is 9.59 Å². The normalized spacial score (nSPS) is 25.2. The predicted octanol–water partition coefficient (Wildman–Crippen LogP) is 2.69. The average molecular weight is 436 g/mol. The number of hydrogen-bond acceptors (Lipinski definition) is 6. The molecule has 166 valence electrons. The number of rotatable bonds is 6. The number of hydrazone groups is 1. The Kier molecular flexibility index (Phi) is 4.76. The smallest absolute Gasteiger partial charge is 0.325 e. The minimum Gasteiger partial charge on any atom is -0.497 e. The number of nitrogens with zero attached hydrogens (tertiary/aromatic N) is 3. The Bertz CT molecular complexity index is 1090. The number of nitrogens with one attached hydrogen (secondary N) is 1. The molecule has 1 aromatic carbocycles. The summed E-state index contributed by atoms with van der Waals surface area (Å²) in [5.41, 5.74) is 0.636. The third-order valence-electron chi connectivity index (χ3n) is 6.45. The molecule has 3 heterocycles. The number of benzene rings is 1. The van der Waals surface area contributed by atoms with Gasteiger partial charge in [0.1, 0.15) is 29.6 Å². The van der Waals surface area contributed by atoms with E-state index in [-0.39, 0.29) is 18.4 Å². The Morgan fingerprint density at radius 3 is 2.62 bits per heavy atom. The van der Waals surface area contributed by atoms with E-state index in [0.717, 1.165) is 29.1 Å². The van der Waals surface area contributed by atoms with Crippen molar-refractivity contribution >= 4 is 23.6 Å². The second kappa shape index (κ2) is 7.51. The first kappa shape index (κ1) is 20.3. The fourth-order valence-corrected chi connectivity index (χ4v) is 4.41. The van der Waals surface area contributed by atoms with E-state index >= 15 is 0 Å². The predicted molar refractivity (Wildman–Crippen MR) is 114 cm³/mol. The molecular weight excluding hydrogens is 412 g/mol. The molecule has 4 amide bonds. The van der Waals surface area contributed by atoms with Crippen molar-refractivity contribution in [2.45, 2.75) is 37.8 Å². The summed E-state index contributed by atoms with van der Waals surface area (Å²) in [6, 6.07) is 9.96. The minimum atomic E-state index is -0.930. The van der Waals surface area contributed by atoms with Gasteiger partial charge in [-0.25, -0.2) is 9.80 Å². The maximum absolute atomic E-state index is 13.3. The van der Waals surface area contributed by atoms with Crippen LogP contribution in [0.4, 0.5) is 4.79 Å². The lowest BCUT2D eigenvalue weighted by Gasteiger charge is -2.23. The lowest BCUT2D eigenvalue weighted by molar-refractivity contribution is -0.140. The van der Waals surface area contributed by atoms with Crippen LogP contribution in [0.25, 0.3) is 0 Å². The quantitative estimate of drug-likeness (QED) is 0.701. The van der Waals surface area contributed by atoms with Crippen molar-refractivity contribution < 1.29 is 23.5 Å². The number of ether oxygens (including phenoxy) is 1. The van der Waals surface area contributed by atoms with E-state index in [2.05, 4.69) is 10.4 Å². The minimum absolute atomic E-state index is 0.126. The lowest BCUT2D eigenvalue weighted by Crippen LogP contribution is -2.47. The zero-order valence-electron chi connectivity index (χ0n) is 17.9. The maximum Gasteiger partial charge on any atom is 0.325 e. The SMILES string of the molecule is COc1ccc(C2=NN(C(=O)CN3C(=O)N[C@](C)(C4CC4)C3=O)[C@@H](c3ccco3)C2)cc1. The summed E-state index contributed by atoms with van der Waals surface area (Å²) in [7, 11) is 1.60. The second-order valence-corrected chi connectivity index (χ2v) is 8.55.